The molecule has 9 heteroatoms. The molecule has 0 aromatic carbocycles. The van der Waals surface area contributed by atoms with Gasteiger partial charge in [-0.15, -0.1) is 0 Å². The number of carbonyl (C=O) groups excluding carboxylic acids is 2. The molecular formula is C11H23N3O5S. The quantitative estimate of drug-likeness (QED) is 0.536. The van der Waals surface area contributed by atoms with Crippen LogP contribution in [0.3, 0.4) is 0 Å². The monoisotopic (exact) mass is 309 g/mol. The highest BCUT2D eigenvalue weighted by atomic mass is 32.2. The van der Waals surface area contributed by atoms with E-state index in [-0.39, 0.29) is 19.5 Å². The molecule has 0 rings (SSSR count). The Morgan fingerprint density at radius 2 is 1.90 bits per heavy atom. The molecule has 0 radical (unpaired) electrons. The Balaban J connectivity index is 4.17. The molecule has 0 aliphatic carbocycles. The van der Waals surface area contributed by atoms with Gasteiger partial charge in [-0.1, -0.05) is 13.8 Å². The fraction of sp³-hybridized carbons (Fsp3) is 0.818. The molecule has 118 valence electrons. The molecule has 0 saturated carbocycles. The Morgan fingerprint density at radius 1 is 1.30 bits per heavy atom. The molecule has 0 heterocycles. The van der Waals surface area contributed by atoms with Crippen LogP contribution < -0.4 is 10.0 Å². The maximum atomic E-state index is 11.8. The molecule has 0 atom stereocenters. The molecular weight excluding hydrogens is 286 g/mol. The number of methoxy groups -OCH3 is 1. The predicted octanol–water partition coefficient (Wildman–Crippen LogP) is -0.912. The summed E-state index contributed by atoms with van der Waals surface area (Å²) in [5, 5.41) is 2.59. The first-order chi connectivity index (χ1) is 9.19. The molecule has 0 fully saturated rings. The van der Waals surface area contributed by atoms with Crippen molar-refractivity contribution in [3.05, 3.63) is 0 Å². The van der Waals surface area contributed by atoms with Gasteiger partial charge in [-0.25, -0.2) is 0 Å². The molecule has 20 heavy (non-hydrogen) atoms. The third kappa shape index (κ3) is 8.08. The van der Waals surface area contributed by atoms with Crippen LogP contribution in [0.1, 0.15) is 20.3 Å². The summed E-state index contributed by atoms with van der Waals surface area (Å²) in [5.41, 5.74) is 0. The fourth-order valence-corrected chi connectivity index (χ4v) is 1.98. The molecule has 0 aromatic rings. The lowest BCUT2D eigenvalue weighted by atomic mass is 10.2. The molecule has 0 bridgehead atoms. The Kier molecular flexibility index (Phi) is 8.35. The topological polar surface area (TPSA) is 105 Å². The van der Waals surface area contributed by atoms with Crippen molar-refractivity contribution < 1.29 is 22.7 Å². The predicted molar refractivity (Wildman–Crippen MR) is 74.0 cm³/mol. The zero-order valence-corrected chi connectivity index (χ0v) is 13.1. The molecule has 0 unspecified atom stereocenters. The first-order valence-corrected chi connectivity index (χ1v) is 7.67. The smallest absolute Gasteiger partial charge is 0.306 e. The van der Waals surface area contributed by atoms with Gasteiger partial charge in [0.1, 0.15) is 0 Å². The van der Waals surface area contributed by atoms with Crippen LogP contribution in [0.5, 0.6) is 0 Å². The Hall–Kier alpha value is -1.19. The van der Waals surface area contributed by atoms with Crippen molar-refractivity contribution in [1.29, 1.82) is 0 Å². The largest absolute Gasteiger partial charge is 0.469 e. The highest BCUT2D eigenvalue weighted by molar-refractivity contribution is 7.87. The van der Waals surface area contributed by atoms with Gasteiger partial charge in [0.05, 0.1) is 20.1 Å². The Bertz CT molecular complexity index is 422. The van der Waals surface area contributed by atoms with Gasteiger partial charge in [0, 0.05) is 20.1 Å². The van der Waals surface area contributed by atoms with Crippen molar-refractivity contribution in [1.82, 2.24) is 14.3 Å². The molecule has 2 N–H and O–H groups in total. The second-order valence-corrected chi connectivity index (χ2v) is 6.53. The summed E-state index contributed by atoms with van der Waals surface area (Å²) in [6.45, 7) is 4.00. The van der Waals surface area contributed by atoms with Crippen molar-refractivity contribution in [2.45, 2.75) is 20.3 Å². The van der Waals surface area contributed by atoms with Crippen LogP contribution in [-0.4, -0.2) is 58.4 Å². The van der Waals surface area contributed by atoms with Crippen LogP contribution in [0.2, 0.25) is 0 Å². The van der Waals surface area contributed by atoms with E-state index >= 15 is 0 Å². The maximum Gasteiger partial charge on any atom is 0.306 e. The Labute approximate surface area is 120 Å². The van der Waals surface area contributed by atoms with Crippen molar-refractivity contribution >= 4 is 22.1 Å². The van der Waals surface area contributed by atoms with Gasteiger partial charge in [-0.3, -0.25) is 9.59 Å². The number of hydrogen-bond acceptors (Lipinski definition) is 5. The average molecular weight is 309 g/mol. The van der Waals surface area contributed by atoms with Crippen molar-refractivity contribution in [2.75, 3.05) is 33.8 Å². The molecule has 1 amide bonds. The van der Waals surface area contributed by atoms with Gasteiger partial charge in [-0.05, 0) is 5.92 Å². The lowest BCUT2D eigenvalue weighted by Gasteiger charge is -2.17. The van der Waals surface area contributed by atoms with E-state index in [0.29, 0.717) is 12.5 Å². The third-order valence-corrected chi connectivity index (χ3v) is 3.90. The number of ether oxygens (including phenoxy) is 1. The summed E-state index contributed by atoms with van der Waals surface area (Å²) in [6.07, 6.45) is -0.0482. The number of amides is 1. The number of esters is 1. The standard InChI is InChI=1S/C11H23N3O5S/c1-9(2)7-12-10(15)8-13-20(17,18)14(3)6-5-11(16)19-4/h9,13H,5-8H2,1-4H3,(H,12,15). The van der Waals surface area contributed by atoms with Gasteiger partial charge in [0.25, 0.3) is 10.2 Å². The summed E-state index contributed by atoms with van der Waals surface area (Å²) in [6, 6.07) is 0. The minimum atomic E-state index is -3.78. The number of carbonyl (C=O) groups is 2. The summed E-state index contributed by atoms with van der Waals surface area (Å²) in [4.78, 5) is 22.3. The zero-order chi connectivity index (χ0) is 15.8. The normalized spacial score (nSPS) is 11.7. The first-order valence-electron chi connectivity index (χ1n) is 6.23. The summed E-state index contributed by atoms with van der Waals surface area (Å²) < 4.78 is 31.1. The molecule has 0 aliphatic rings. The van der Waals surface area contributed by atoms with Gasteiger partial charge in [0.2, 0.25) is 5.91 Å². The van der Waals surface area contributed by atoms with Gasteiger partial charge in [-0.2, -0.15) is 17.4 Å². The van der Waals surface area contributed by atoms with E-state index in [1.807, 2.05) is 13.8 Å². The highest BCUT2D eigenvalue weighted by Crippen LogP contribution is 1.96. The van der Waals surface area contributed by atoms with Crippen LogP contribution in [0.25, 0.3) is 0 Å². The molecule has 0 aromatic heterocycles. The fourth-order valence-electron chi connectivity index (χ4n) is 1.12. The number of nitrogens with zero attached hydrogens (tertiary/aromatic N) is 1. The van der Waals surface area contributed by atoms with E-state index in [9.17, 15) is 18.0 Å². The van der Waals surface area contributed by atoms with Crippen molar-refractivity contribution in [3.63, 3.8) is 0 Å². The number of nitrogens with one attached hydrogen (secondary N) is 2. The van der Waals surface area contributed by atoms with Gasteiger partial charge >= 0.3 is 5.97 Å². The maximum absolute atomic E-state index is 11.8. The summed E-state index contributed by atoms with van der Waals surface area (Å²) in [7, 11) is -1.24. The van der Waals surface area contributed by atoms with Crippen LogP contribution in [-0.2, 0) is 24.5 Å². The van der Waals surface area contributed by atoms with Crippen LogP contribution in [0.4, 0.5) is 0 Å². The van der Waals surface area contributed by atoms with Gasteiger partial charge < -0.3 is 10.1 Å². The second kappa shape index (κ2) is 8.88. The highest BCUT2D eigenvalue weighted by Gasteiger charge is 2.19. The van der Waals surface area contributed by atoms with E-state index in [1.54, 1.807) is 0 Å². The molecule has 0 spiro atoms. The van der Waals surface area contributed by atoms with E-state index in [4.69, 9.17) is 0 Å². The minimum Gasteiger partial charge on any atom is -0.469 e. The Morgan fingerprint density at radius 3 is 2.40 bits per heavy atom. The van der Waals surface area contributed by atoms with Crippen LogP contribution in [0.15, 0.2) is 0 Å². The lowest BCUT2D eigenvalue weighted by Crippen LogP contribution is -2.44. The van der Waals surface area contributed by atoms with E-state index < -0.39 is 22.1 Å². The lowest BCUT2D eigenvalue weighted by molar-refractivity contribution is -0.140. The molecule has 0 saturated heterocycles. The SMILES string of the molecule is COC(=O)CCN(C)S(=O)(=O)NCC(=O)NCC(C)C. The first kappa shape index (κ1) is 18.8. The van der Waals surface area contributed by atoms with Gasteiger partial charge in [0.15, 0.2) is 0 Å². The summed E-state index contributed by atoms with van der Waals surface area (Å²) >= 11 is 0. The van der Waals surface area contributed by atoms with Crippen molar-refractivity contribution in [3.8, 4) is 0 Å². The molecule has 8 nitrogen and oxygen atoms in total. The van der Waals surface area contributed by atoms with Crippen LogP contribution in [0, 0.1) is 5.92 Å². The third-order valence-electron chi connectivity index (χ3n) is 2.39. The average Bonchev–Trinajstić information content (AvgIpc) is 2.39. The minimum absolute atomic E-state index is 0.0182. The summed E-state index contributed by atoms with van der Waals surface area (Å²) in [5.74, 6) is -0.608. The zero-order valence-electron chi connectivity index (χ0n) is 12.3. The van der Waals surface area contributed by atoms with E-state index in [0.717, 1.165) is 4.31 Å². The van der Waals surface area contributed by atoms with Crippen LogP contribution >= 0.6 is 0 Å². The number of rotatable bonds is 9. The van der Waals surface area contributed by atoms with E-state index in [2.05, 4.69) is 14.8 Å². The second-order valence-electron chi connectivity index (χ2n) is 4.67. The number of hydrogen-bond donors (Lipinski definition) is 2. The van der Waals surface area contributed by atoms with Crippen molar-refractivity contribution in [2.24, 2.45) is 5.92 Å². The van der Waals surface area contributed by atoms with E-state index in [1.165, 1.54) is 14.2 Å². The molecule has 0 aliphatic heterocycles.